The first-order valence-corrected chi connectivity index (χ1v) is 7.78. The number of hydrogen-bond donors (Lipinski definition) is 0. The largest absolute Gasteiger partial charge is 0.340 e. The van der Waals surface area contributed by atoms with Crippen molar-refractivity contribution in [2.45, 2.75) is 20.3 Å². The number of likely N-dealkylation sites (tertiary alicyclic amines) is 1. The van der Waals surface area contributed by atoms with E-state index in [0.29, 0.717) is 12.5 Å². The maximum Gasteiger partial charge on any atom is 0.246 e. The number of rotatable bonds is 6. The topological polar surface area (TPSA) is 40.6 Å². The number of nitrogens with zero attached hydrogens (tertiary/aromatic N) is 2. The second-order valence-electron chi connectivity index (χ2n) is 5.85. The maximum absolute atomic E-state index is 12.2. The zero-order chi connectivity index (χ0) is 16.1. The summed E-state index contributed by atoms with van der Waals surface area (Å²) in [6.07, 6.45) is 2.27. The van der Waals surface area contributed by atoms with Gasteiger partial charge in [-0.2, -0.15) is 0 Å². The van der Waals surface area contributed by atoms with Crippen LogP contribution < -0.4 is 0 Å². The van der Waals surface area contributed by atoms with Crippen molar-refractivity contribution in [2.75, 3.05) is 26.2 Å². The molecule has 2 amide bonds. The summed E-state index contributed by atoms with van der Waals surface area (Å²) in [4.78, 5) is 27.1. The zero-order valence-electron chi connectivity index (χ0n) is 13.4. The van der Waals surface area contributed by atoms with Gasteiger partial charge in [0.15, 0.2) is 0 Å². The molecule has 4 nitrogen and oxygen atoms in total. The van der Waals surface area contributed by atoms with E-state index in [9.17, 15) is 9.59 Å². The van der Waals surface area contributed by atoms with Crippen molar-refractivity contribution in [3.63, 3.8) is 0 Å². The smallest absolute Gasteiger partial charge is 0.246 e. The van der Waals surface area contributed by atoms with Gasteiger partial charge in [-0.15, -0.1) is 0 Å². The molecule has 1 aliphatic rings. The fraction of sp³-hybridized carbons (Fsp3) is 0.444. The zero-order valence-corrected chi connectivity index (χ0v) is 13.4. The molecule has 1 aliphatic heterocycles. The van der Waals surface area contributed by atoms with Crippen molar-refractivity contribution in [1.82, 2.24) is 9.80 Å². The highest BCUT2D eigenvalue weighted by Crippen LogP contribution is 2.22. The molecule has 0 aromatic heterocycles. The second-order valence-corrected chi connectivity index (χ2v) is 5.85. The average Bonchev–Trinajstić information content (AvgIpc) is 2.48. The highest BCUT2D eigenvalue weighted by molar-refractivity contribution is 5.91. The minimum Gasteiger partial charge on any atom is -0.340 e. The Balaban J connectivity index is 1.81. The van der Waals surface area contributed by atoms with Crippen LogP contribution in [0.4, 0.5) is 0 Å². The van der Waals surface area contributed by atoms with Gasteiger partial charge in [-0.1, -0.05) is 30.8 Å². The van der Waals surface area contributed by atoms with E-state index in [2.05, 4.69) is 31.7 Å². The van der Waals surface area contributed by atoms with E-state index in [1.807, 2.05) is 17.9 Å². The number of carbonyl (C=O) groups excluding carboxylic acids is 2. The summed E-state index contributed by atoms with van der Waals surface area (Å²) in [5.41, 5.74) is 2.66. The third kappa shape index (κ3) is 3.75. The number of carbonyl (C=O) groups is 2. The van der Waals surface area contributed by atoms with E-state index in [4.69, 9.17) is 0 Å². The molecular weight excluding hydrogens is 276 g/mol. The number of aryl methyl sites for hydroxylation is 1. The number of likely N-dealkylation sites (N-methyl/N-ethyl adjacent to an activating group) is 1. The summed E-state index contributed by atoms with van der Waals surface area (Å²) in [7, 11) is 0. The quantitative estimate of drug-likeness (QED) is 0.754. The molecule has 1 saturated heterocycles. The van der Waals surface area contributed by atoms with Crippen molar-refractivity contribution in [2.24, 2.45) is 5.92 Å². The van der Waals surface area contributed by atoms with Crippen LogP contribution in [0.2, 0.25) is 0 Å². The molecule has 2 rings (SSSR count). The third-order valence-corrected chi connectivity index (χ3v) is 4.27. The highest BCUT2D eigenvalue weighted by Gasteiger charge is 2.31. The molecule has 4 heteroatoms. The molecular formula is C18H24N2O2. The van der Waals surface area contributed by atoms with Crippen LogP contribution in [-0.4, -0.2) is 47.8 Å². The summed E-state index contributed by atoms with van der Waals surface area (Å²) >= 11 is 0. The summed E-state index contributed by atoms with van der Waals surface area (Å²) in [5.74, 6) is 0.362. The predicted molar refractivity (Wildman–Crippen MR) is 87.4 cm³/mol. The van der Waals surface area contributed by atoms with E-state index in [1.54, 1.807) is 0 Å². The second kappa shape index (κ2) is 7.25. The van der Waals surface area contributed by atoms with Crippen LogP contribution in [0, 0.1) is 12.8 Å². The third-order valence-electron chi connectivity index (χ3n) is 4.27. The van der Waals surface area contributed by atoms with Crippen LogP contribution in [0.5, 0.6) is 0 Å². The van der Waals surface area contributed by atoms with Gasteiger partial charge in [0.05, 0.1) is 6.54 Å². The van der Waals surface area contributed by atoms with E-state index >= 15 is 0 Å². The Morgan fingerprint density at radius 1 is 1.36 bits per heavy atom. The van der Waals surface area contributed by atoms with Crippen molar-refractivity contribution >= 4 is 11.8 Å². The SMILES string of the molecule is C=CC(=O)N(CC)CC(=O)N1CC(Cc2ccccc2C)C1. The van der Waals surface area contributed by atoms with Crippen molar-refractivity contribution < 1.29 is 9.59 Å². The number of hydrogen-bond acceptors (Lipinski definition) is 2. The molecule has 1 fully saturated rings. The molecule has 1 aromatic rings. The van der Waals surface area contributed by atoms with Crippen LogP contribution >= 0.6 is 0 Å². The van der Waals surface area contributed by atoms with Gasteiger partial charge in [-0.3, -0.25) is 9.59 Å². The first-order chi connectivity index (χ1) is 10.5. The van der Waals surface area contributed by atoms with Crippen LogP contribution in [0.15, 0.2) is 36.9 Å². The molecule has 0 aliphatic carbocycles. The fourth-order valence-corrected chi connectivity index (χ4v) is 2.79. The molecule has 0 saturated carbocycles. The lowest BCUT2D eigenvalue weighted by atomic mass is 9.90. The highest BCUT2D eigenvalue weighted by atomic mass is 16.2. The van der Waals surface area contributed by atoms with Crippen molar-refractivity contribution in [3.8, 4) is 0 Å². The Bertz CT molecular complexity index is 562. The molecule has 0 radical (unpaired) electrons. The summed E-state index contributed by atoms with van der Waals surface area (Å²) in [6, 6.07) is 8.38. The monoisotopic (exact) mass is 300 g/mol. The first kappa shape index (κ1) is 16.3. The lowest BCUT2D eigenvalue weighted by molar-refractivity contribution is -0.142. The summed E-state index contributed by atoms with van der Waals surface area (Å²) in [5, 5.41) is 0. The molecule has 0 atom stereocenters. The van der Waals surface area contributed by atoms with Gasteiger partial charge in [0, 0.05) is 19.6 Å². The van der Waals surface area contributed by atoms with Gasteiger partial charge >= 0.3 is 0 Å². The Morgan fingerprint density at radius 3 is 2.64 bits per heavy atom. The van der Waals surface area contributed by atoms with E-state index in [1.165, 1.54) is 22.1 Å². The van der Waals surface area contributed by atoms with Gasteiger partial charge < -0.3 is 9.80 Å². The summed E-state index contributed by atoms with van der Waals surface area (Å²) < 4.78 is 0. The van der Waals surface area contributed by atoms with E-state index in [0.717, 1.165) is 19.5 Å². The minimum absolute atomic E-state index is 0.0260. The molecule has 0 unspecified atom stereocenters. The van der Waals surface area contributed by atoms with Gasteiger partial charge in [-0.05, 0) is 43.4 Å². The molecule has 1 heterocycles. The molecule has 1 aromatic carbocycles. The molecule has 0 N–H and O–H groups in total. The molecule has 0 bridgehead atoms. The molecule has 118 valence electrons. The van der Waals surface area contributed by atoms with Crippen LogP contribution in [0.1, 0.15) is 18.1 Å². The van der Waals surface area contributed by atoms with Gasteiger partial charge in [0.2, 0.25) is 11.8 Å². The Kier molecular flexibility index (Phi) is 5.36. The van der Waals surface area contributed by atoms with Gasteiger partial charge in [0.1, 0.15) is 0 Å². The summed E-state index contributed by atoms with van der Waals surface area (Å²) in [6.45, 7) is 9.70. The lowest BCUT2D eigenvalue weighted by Crippen LogP contribution is -2.54. The normalized spacial score (nSPS) is 14.4. The minimum atomic E-state index is -0.187. The van der Waals surface area contributed by atoms with E-state index in [-0.39, 0.29) is 18.4 Å². The Labute approximate surface area is 132 Å². The van der Waals surface area contributed by atoms with Crippen LogP contribution in [-0.2, 0) is 16.0 Å². The Hall–Kier alpha value is -2.10. The fourth-order valence-electron chi connectivity index (χ4n) is 2.79. The van der Waals surface area contributed by atoms with Crippen molar-refractivity contribution in [3.05, 3.63) is 48.0 Å². The van der Waals surface area contributed by atoms with Gasteiger partial charge in [-0.25, -0.2) is 0 Å². The number of benzene rings is 1. The van der Waals surface area contributed by atoms with Crippen molar-refractivity contribution in [1.29, 1.82) is 0 Å². The standard InChI is InChI=1S/C18H24N2O2/c1-4-17(21)19(5-2)13-18(22)20-11-15(12-20)10-16-9-7-6-8-14(16)3/h4,6-9,15H,1,5,10-13H2,2-3H3. The molecule has 22 heavy (non-hydrogen) atoms. The maximum atomic E-state index is 12.2. The average molecular weight is 300 g/mol. The first-order valence-electron chi connectivity index (χ1n) is 7.78. The number of amides is 2. The lowest BCUT2D eigenvalue weighted by Gasteiger charge is -2.40. The Morgan fingerprint density at radius 2 is 2.05 bits per heavy atom. The molecule has 0 spiro atoms. The van der Waals surface area contributed by atoms with Crippen LogP contribution in [0.25, 0.3) is 0 Å². The predicted octanol–water partition coefficient (Wildman–Crippen LogP) is 2.03. The van der Waals surface area contributed by atoms with Crippen LogP contribution in [0.3, 0.4) is 0 Å². The van der Waals surface area contributed by atoms with E-state index < -0.39 is 0 Å². The van der Waals surface area contributed by atoms with Gasteiger partial charge in [0.25, 0.3) is 0 Å².